The summed E-state index contributed by atoms with van der Waals surface area (Å²) < 4.78 is 11.1. The first-order valence-electron chi connectivity index (χ1n) is 15.2. The van der Waals surface area contributed by atoms with Crippen molar-refractivity contribution in [3.8, 4) is 17.2 Å². The van der Waals surface area contributed by atoms with Gasteiger partial charge in [-0.3, -0.25) is 34.2 Å². The van der Waals surface area contributed by atoms with Crippen molar-refractivity contribution in [3.63, 3.8) is 0 Å². The Hall–Kier alpha value is -5.52. The summed E-state index contributed by atoms with van der Waals surface area (Å²) in [5.41, 5.74) is 0.0289. The number of phenols is 1. The smallest absolute Gasteiger partial charge is 0.269 e. The van der Waals surface area contributed by atoms with Crippen LogP contribution in [-0.4, -0.2) is 47.9 Å². The van der Waals surface area contributed by atoms with Gasteiger partial charge in [-0.1, -0.05) is 29.8 Å². The van der Waals surface area contributed by atoms with Crippen LogP contribution in [0.5, 0.6) is 17.2 Å². The number of hydrogen-bond donors (Lipinski definition) is 1. The van der Waals surface area contributed by atoms with Crippen molar-refractivity contribution in [2.24, 2.45) is 29.1 Å². The fourth-order valence-corrected chi connectivity index (χ4v) is 8.29. The molecule has 47 heavy (non-hydrogen) atoms. The van der Waals surface area contributed by atoms with Crippen molar-refractivity contribution in [2.45, 2.75) is 25.7 Å². The van der Waals surface area contributed by atoms with Crippen LogP contribution >= 0.6 is 0 Å². The number of non-ortho nitro benzene ring substituents is 1. The molecule has 2 aliphatic carbocycles. The number of amides is 4. The van der Waals surface area contributed by atoms with Gasteiger partial charge in [0.15, 0.2) is 0 Å². The first-order chi connectivity index (χ1) is 22.5. The van der Waals surface area contributed by atoms with Gasteiger partial charge in [0.25, 0.3) is 5.69 Å². The van der Waals surface area contributed by atoms with E-state index in [2.05, 4.69) is 0 Å². The molecule has 0 bridgehead atoms. The number of allylic oxidation sites excluding steroid dienone is 2. The van der Waals surface area contributed by atoms with E-state index in [4.69, 9.17) is 9.47 Å². The van der Waals surface area contributed by atoms with E-state index in [0.29, 0.717) is 17.0 Å². The Kier molecular flexibility index (Phi) is 6.92. The van der Waals surface area contributed by atoms with E-state index >= 15 is 0 Å². The normalized spacial score (nSPS) is 28.1. The zero-order chi connectivity index (χ0) is 33.4. The van der Waals surface area contributed by atoms with E-state index < -0.39 is 63.6 Å². The summed E-state index contributed by atoms with van der Waals surface area (Å²) in [5.74, 6) is -5.42. The second-order valence-electron chi connectivity index (χ2n) is 12.5. The number of nitro groups is 1. The fourth-order valence-electron chi connectivity index (χ4n) is 8.29. The summed E-state index contributed by atoms with van der Waals surface area (Å²) in [6.45, 7) is 1.72. The minimum atomic E-state index is -1.38. The molecule has 12 nitrogen and oxygen atoms in total. The molecule has 4 aliphatic rings. The largest absolute Gasteiger partial charge is 0.507 e. The van der Waals surface area contributed by atoms with Crippen LogP contribution in [0.1, 0.15) is 31.2 Å². The highest BCUT2D eigenvalue weighted by Gasteiger charge is 2.68. The van der Waals surface area contributed by atoms with Gasteiger partial charge in [-0.15, -0.1) is 0 Å². The van der Waals surface area contributed by atoms with Gasteiger partial charge in [-0.2, -0.15) is 0 Å². The maximum Gasteiger partial charge on any atom is 0.269 e. The number of phenolic OH excluding ortho intramolecular Hbond substituents is 1. The summed E-state index contributed by atoms with van der Waals surface area (Å²) in [7, 11) is 2.88. The molecular formula is C35H31N3O9. The van der Waals surface area contributed by atoms with Crippen LogP contribution in [0, 0.1) is 39.2 Å². The van der Waals surface area contributed by atoms with Crippen LogP contribution in [0.3, 0.4) is 0 Å². The van der Waals surface area contributed by atoms with Gasteiger partial charge < -0.3 is 14.6 Å². The second-order valence-corrected chi connectivity index (χ2v) is 12.5. The lowest BCUT2D eigenvalue weighted by molar-refractivity contribution is -0.384. The van der Waals surface area contributed by atoms with E-state index in [0.717, 1.165) is 4.90 Å². The van der Waals surface area contributed by atoms with Crippen molar-refractivity contribution >= 4 is 40.7 Å². The molecule has 6 atom stereocenters. The van der Waals surface area contributed by atoms with E-state index in [9.17, 15) is 34.4 Å². The molecule has 240 valence electrons. The summed E-state index contributed by atoms with van der Waals surface area (Å²) >= 11 is 0. The Morgan fingerprint density at radius 1 is 0.872 bits per heavy atom. The van der Waals surface area contributed by atoms with Crippen molar-refractivity contribution in [3.05, 3.63) is 94.1 Å². The Morgan fingerprint density at radius 3 is 2.19 bits per heavy atom. The molecule has 2 heterocycles. The van der Waals surface area contributed by atoms with Crippen LogP contribution in [0.2, 0.25) is 0 Å². The minimum absolute atomic E-state index is 0.125. The van der Waals surface area contributed by atoms with E-state index in [1.807, 2.05) is 6.08 Å². The van der Waals surface area contributed by atoms with Crippen molar-refractivity contribution < 1.29 is 38.7 Å². The molecule has 3 aromatic carbocycles. The minimum Gasteiger partial charge on any atom is -0.507 e. The molecular weight excluding hydrogens is 606 g/mol. The number of benzene rings is 3. The third kappa shape index (κ3) is 4.20. The molecule has 0 spiro atoms. The number of ether oxygens (including phenoxy) is 2. The fraction of sp³-hybridized carbons (Fsp3) is 0.314. The van der Waals surface area contributed by atoms with E-state index in [1.54, 1.807) is 43.3 Å². The predicted octanol–water partition coefficient (Wildman–Crippen LogP) is 4.75. The molecule has 7 rings (SSSR count). The highest BCUT2D eigenvalue weighted by atomic mass is 16.6. The summed E-state index contributed by atoms with van der Waals surface area (Å²) in [5, 5.41) is 22.7. The number of para-hydroxylation sites is 1. The maximum atomic E-state index is 14.6. The van der Waals surface area contributed by atoms with E-state index in [-0.39, 0.29) is 41.3 Å². The van der Waals surface area contributed by atoms with Crippen LogP contribution in [0.15, 0.2) is 78.4 Å². The maximum absolute atomic E-state index is 14.6. The number of fused-ring (bicyclic) bond motifs is 4. The number of imide groups is 2. The van der Waals surface area contributed by atoms with Gasteiger partial charge in [0, 0.05) is 35.7 Å². The highest BCUT2D eigenvalue weighted by Crippen LogP contribution is 2.65. The topological polar surface area (TPSA) is 157 Å². The predicted molar refractivity (Wildman–Crippen MR) is 168 cm³/mol. The summed E-state index contributed by atoms with van der Waals surface area (Å²) in [6.07, 6.45) is 2.18. The summed E-state index contributed by atoms with van der Waals surface area (Å²) in [6, 6.07) is 16.9. The molecule has 3 aromatic rings. The Morgan fingerprint density at radius 2 is 1.55 bits per heavy atom. The third-order valence-electron chi connectivity index (χ3n) is 10.4. The number of aromatic hydroxyl groups is 1. The number of hydrogen-bond acceptors (Lipinski definition) is 9. The van der Waals surface area contributed by atoms with Gasteiger partial charge >= 0.3 is 0 Å². The van der Waals surface area contributed by atoms with Crippen molar-refractivity contribution in [1.82, 2.24) is 0 Å². The molecule has 1 N–H and O–H groups in total. The molecule has 1 saturated carbocycles. The van der Waals surface area contributed by atoms with Crippen molar-refractivity contribution in [1.29, 1.82) is 0 Å². The molecule has 2 saturated heterocycles. The Balaban J connectivity index is 1.38. The number of methoxy groups -OCH3 is 2. The van der Waals surface area contributed by atoms with Crippen LogP contribution in [-0.2, 0) is 19.2 Å². The second kappa shape index (κ2) is 10.8. The van der Waals surface area contributed by atoms with Crippen LogP contribution in [0.25, 0.3) is 0 Å². The molecule has 12 heteroatoms. The molecule has 3 fully saturated rings. The van der Waals surface area contributed by atoms with Gasteiger partial charge in [-0.25, -0.2) is 4.90 Å². The number of nitro benzene ring substituents is 1. The number of anilines is 2. The van der Waals surface area contributed by atoms with Crippen molar-refractivity contribution in [2.75, 3.05) is 24.0 Å². The molecule has 0 unspecified atom stereocenters. The first-order valence-corrected chi connectivity index (χ1v) is 15.2. The standard InChI is InChI=1S/C35H31N3O9/c1-35-25(32(41)37(34(35)43)18-7-5-4-6-8-18)17-24-22(30(35)29-26(39)15-21(46-2)16-27(29)47-3)13-14-23-28(24)33(42)36(31(23)40)19-9-11-20(12-10-19)38(44)45/h4-13,15-16,23-25,28,30,39H,14,17H2,1-3H3/t23-,24+,25-,28-,30+,35+/m0/s1. The molecule has 4 amide bonds. The molecule has 0 aromatic heterocycles. The lowest BCUT2D eigenvalue weighted by Crippen LogP contribution is -2.49. The highest BCUT2D eigenvalue weighted by molar-refractivity contribution is 6.25. The molecule has 0 radical (unpaired) electrons. The number of rotatable bonds is 6. The lowest BCUT2D eigenvalue weighted by atomic mass is 9.51. The molecule has 2 aliphatic heterocycles. The Labute approximate surface area is 269 Å². The number of carbonyl (C=O) groups is 4. The van der Waals surface area contributed by atoms with Gasteiger partial charge in [0.1, 0.15) is 17.2 Å². The quantitative estimate of drug-likeness (QED) is 0.174. The first kappa shape index (κ1) is 30.2. The van der Waals surface area contributed by atoms with Gasteiger partial charge in [0.05, 0.1) is 53.7 Å². The Bertz CT molecular complexity index is 1890. The SMILES string of the molecule is COc1cc(O)c([C@H]2C3=CC[C@@H]4C(=O)N(c5ccc([N+](=O)[O-])cc5)C(=O)[C@@H]4[C@@H]3C[C@H]3C(=O)N(c4ccccc4)C(=O)[C@@]23C)c(OC)c1. The van der Waals surface area contributed by atoms with Gasteiger partial charge in [-0.05, 0) is 49.9 Å². The van der Waals surface area contributed by atoms with Crippen LogP contribution in [0.4, 0.5) is 17.1 Å². The number of nitrogens with zero attached hydrogens (tertiary/aromatic N) is 3. The van der Waals surface area contributed by atoms with Gasteiger partial charge in [0.2, 0.25) is 23.6 Å². The summed E-state index contributed by atoms with van der Waals surface area (Å²) in [4.78, 5) is 69.8. The average Bonchev–Trinajstić information content (AvgIpc) is 3.44. The number of carbonyl (C=O) groups excluding carboxylic acids is 4. The zero-order valence-electron chi connectivity index (χ0n) is 25.8. The third-order valence-corrected chi connectivity index (χ3v) is 10.4. The van der Waals surface area contributed by atoms with Crippen LogP contribution < -0.4 is 19.3 Å². The monoisotopic (exact) mass is 637 g/mol. The lowest BCUT2D eigenvalue weighted by Gasteiger charge is -2.49. The van der Waals surface area contributed by atoms with E-state index in [1.165, 1.54) is 49.5 Å². The average molecular weight is 638 g/mol. The zero-order valence-corrected chi connectivity index (χ0v) is 25.8.